The molecule has 1 aromatic heterocycles. The van der Waals surface area contributed by atoms with Crippen molar-refractivity contribution in [1.29, 1.82) is 0 Å². The summed E-state index contributed by atoms with van der Waals surface area (Å²) in [7, 11) is 0. The van der Waals surface area contributed by atoms with E-state index in [9.17, 15) is 4.79 Å². The average molecular weight is 284 g/mol. The van der Waals surface area contributed by atoms with Crippen LogP contribution in [-0.2, 0) is 4.74 Å². The maximum absolute atomic E-state index is 11.6. The van der Waals surface area contributed by atoms with Gasteiger partial charge in [0, 0.05) is 18.6 Å². The van der Waals surface area contributed by atoms with Crippen LogP contribution < -0.4 is 10.6 Å². The number of carbonyl (C=O) groups is 1. The quantitative estimate of drug-likeness (QED) is 0.872. The molecule has 2 N–H and O–H groups in total. The highest BCUT2D eigenvalue weighted by atomic mass is 32.1. The van der Waals surface area contributed by atoms with Crippen LogP contribution in [0.2, 0.25) is 0 Å². The van der Waals surface area contributed by atoms with Crippen LogP contribution in [0.25, 0.3) is 0 Å². The Hall–Kier alpha value is -1.07. The Morgan fingerprint density at radius 3 is 2.63 bits per heavy atom. The molecule has 0 aliphatic carbocycles. The molecule has 19 heavy (non-hydrogen) atoms. The van der Waals surface area contributed by atoms with Gasteiger partial charge in [0.25, 0.3) is 0 Å². The van der Waals surface area contributed by atoms with Crippen molar-refractivity contribution in [3.63, 3.8) is 0 Å². The molecule has 108 valence electrons. The lowest BCUT2D eigenvalue weighted by molar-refractivity contribution is 0.0507. The summed E-state index contributed by atoms with van der Waals surface area (Å²) in [4.78, 5) is 11.6. The summed E-state index contributed by atoms with van der Waals surface area (Å²) in [5.74, 6) is 0. The van der Waals surface area contributed by atoms with Crippen LogP contribution in [0.4, 0.5) is 4.79 Å². The fourth-order valence-electron chi connectivity index (χ4n) is 1.55. The first-order valence-electron chi connectivity index (χ1n) is 6.53. The van der Waals surface area contributed by atoms with Crippen LogP contribution in [0.1, 0.15) is 46.2 Å². The van der Waals surface area contributed by atoms with E-state index in [2.05, 4.69) is 34.4 Å². The summed E-state index contributed by atoms with van der Waals surface area (Å²) < 4.78 is 5.21. The van der Waals surface area contributed by atoms with Gasteiger partial charge >= 0.3 is 6.09 Å². The topological polar surface area (TPSA) is 50.4 Å². The number of alkyl carbamates (subject to hydrolysis) is 1. The van der Waals surface area contributed by atoms with Crippen molar-refractivity contribution in [2.75, 3.05) is 6.54 Å². The zero-order valence-electron chi connectivity index (χ0n) is 12.3. The summed E-state index contributed by atoms with van der Waals surface area (Å²) in [6, 6.07) is 2.42. The molecule has 0 saturated carbocycles. The molecule has 0 spiro atoms. The lowest BCUT2D eigenvalue weighted by atomic mass is 10.2. The van der Waals surface area contributed by atoms with E-state index in [1.807, 2.05) is 27.7 Å². The number of amides is 1. The maximum Gasteiger partial charge on any atom is 0.407 e. The minimum absolute atomic E-state index is 0.0240. The monoisotopic (exact) mass is 284 g/mol. The summed E-state index contributed by atoms with van der Waals surface area (Å²) in [6.45, 7) is 10.3. The smallest absolute Gasteiger partial charge is 0.407 e. The fraction of sp³-hybridized carbons (Fsp3) is 0.643. The van der Waals surface area contributed by atoms with E-state index >= 15 is 0 Å². The number of nitrogens with one attached hydrogen (secondary N) is 2. The van der Waals surface area contributed by atoms with E-state index in [0.717, 1.165) is 0 Å². The maximum atomic E-state index is 11.6. The van der Waals surface area contributed by atoms with E-state index in [1.165, 1.54) is 5.56 Å². The molecule has 1 aromatic rings. The number of thiophene rings is 1. The first kappa shape index (κ1) is 16.0. The molecule has 2 atom stereocenters. The van der Waals surface area contributed by atoms with Gasteiger partial charge in [-0.2, -0.15) is 11.3 Å². The van der Waals surface area contributed by atoms with Crippen LogP contribution >= 0.6 is 11.3 Å². The van der Waals surface area contributed by atoms with Crippen LogP contribution in [0.5, 0.6) is 0 Å². The summed E-state index contributed by atoms with van der Waals surface area (Å²) in [5.41, 5.74) is 0.816. The molecule has 0 bridgehead atoms. The molecule has 2 unspecified atom stereocenters. The van der Waals surface area contributed by atoms with Gasteiger partial charge in [0.05, 0.1) is 0 Å². The zero-order valence-corrected chi connectivity index (χ0v) is 13.1. The van der Waals surface area contributed by atoms with Gasteiger partial charge < -0.3 is 15.4 Å². The van der Waals surface area contributed by atoms with E-state index < -0.39 is 5.60 Å². The molecule has 0 aliphatic heterocycles. The Morgan fingerprint density at radius 2 is 2.11 bits per heavy atom. The number of hydrogen-bond donors (Lipinski definition) is 2. The highest BCUT2D eigenvalue weighted by Crippen LogP contribution is 2.15. The predicted octanol–water partition coefficient (Wildman–Crippen LogP) is 3.31. The van der Waals surface area contributed by atoms with E-state index in [1.54, 1.807) is 11.3 Å². The SMILES string of the molecule is CC(CNC(C)c1ccsc1)NC(=O)OC(C)(C)C. The second kappa shape index (κ2) is 6.91. The zero-order chi connectivity index (χ0) is 14.5. The van der Waals surface area contributed by atoms with Crippen molar-refractivity contribution < 1.29 is 9.53 Å². The number of rotatable bonds is 5. The average Bonchev–Trinajstić information content (AvgIpc) is 2.76. The first-order chi connectivity index (χ1) is 8.78. The number of ether oxygens (including phenoxy) is 1. The first-order valence-corrected chi connectivity index (χ1v) is 7.47. The van der Waals surface area contributed by atoms with Gasteiger partial charge in [0.2, 0.25) is 0 Å². The molecule has 0 aromatic carbocycles. The number of hydrogen-bond acceptors (Lipinski definition) is 4. The molecule has 0 radical (unpaired) electrons. The molecular formula is C14H24N2O2S. The van der Waals surface area contributed by atoms with Gasteiger partial charge in [-0.3, -0.25) is 0 Å². The van der Waals surface area contributed by atoms with Gasteiger partial charge in [-0.1, -0.05) is 0 Å². The van der Waals surface area contributed by atoms with Crippen molar-refractivity contribution in [2.45, 2.75) is 52.3 Å². The third-order valence-electron chi connectivity index (χ3n) is 2.54. The predicted molar refractivity (Wildman–Crippen MR) is 79.6 cm³/mol. The van der Waals surface area contributed by atoms with Gasteiger partial charge in [0.1, 0.15) is 5.60 Å². The van der Waals surface area contributed by atoms with Gasteiger partial charge in [-0.05, 0) is 57.0 Å². The van der Waals surface area contributed by atoms with Crippen molar-refractivity contribution in [3.05, 3.63) is 22.4 Å². The molecule has 1 heterocycles. The van der Waals surface area contributed by atoms with Crippen molar-refractivity contribution in [3.8, 4) is 0 Å². The minimum Gasteiger partial charge on any atom is -0.444 e. The Labute approximate surface area is 119 Å². The fourth-order valence-corrected chi connectivity index (χ4v) is 2.31. The van der Waals surface area contributed by atoms with Crippen LogP contribution in [0.3, 0.4) is 0 Å². The second-order valence-electron chi connectivity index (χ2n) is 5.73. The molecule has 1 amide bonds. The summed E-state index contributed by atoms with van der Waals surface area (Å²) in [5, 5.41) is 10.4. The molecule has 1 rings (SSSR count). The molecule has 4 nitrogen and oxygen atoms in total. The van der Waals surface area contributed by atoms with Crippen molar-refractivity contribution in [2.24, 2.45) is 0 Å². The van der Waals surface area contributed by atoms with Crippen molar-refractivity contribution >= 4 is 17.4 Å². The van der Waals surface area contributed by atoms with Crippen LogP contribution in [0.15, 0.2) is 16.8 Å². The molecule has 0 saturated heterocycles. The Morgan fingerprint density at radius 1 is 1.42 bits per heavy atom. The van der Waals surface area contributed by atoms with Gasteiger partial charge in [0.15, 0.2) is 0 Å². The van der Waals surface area contributed by atoms with Gasteiger partial charge in [-0.15, -0.1) is 0 Å². The summed E-state index contributed by atoms with van der Waals surface area (Å²) in [6.07, 6.45) is -0.370. The Balaban J connectivity index is 2.28. The molecule has 5 heteroatoms. The van der Waals surface area contributed by atoms with E-state index in [0.29, 0.717) is 6.54 Å². The molecule has 0 fully saturated rings. The van der Waals surface area contributed by atoms with Crippen LogP contribution in [-0.4, -0.2) is 24.3 Å². The highest BCUT2D eigenvalue weighted by Gasteiger charge is 2.17. The lowest BCUT2D eigenvalue weighted by Gasteiger charge is -2.23. The second-order valence-corrected chi connectivity index (χ2v) is 6.51. The van der Waals surface area contributed by atoms with Crippen molar-refractivity contribution in [1.82, 2.24) is 10.6 Å². The highest BCUT2D eigenvalue weighted by molar-refractivity contribution is 7.07. The normalized spacial score (nSPS) is 14.8. The number of carbonyl (C=O) groups excluding carboxylic acids is 1. The molecule has 0 aliphatic rings. The molecular weight excluding hydrogens is 260 g/mol. The Kier molecular flexibility index (Phi) is 5.82. The summed E-state index contributed by atoms with van der Waals surface area (Å²) >= 11 is 1.69. The third-order valence-corrected chi connectivity index (χ3v) is 3.24. The lowest BCUT2D eigenvalue weighted by Crippen LogP contribution is -2.43. The Bertz CT molecular complexity index is 385. The third kappa shape index (κ3) is 6.59. The van der Waals surface area contributed by atoms with E-state index in [4.69, 9.17) is 4.74 Å². The minimum atomic E-state index is -0.457. The van der Waals surface area contributed by atoms with Crippen LogP contribution in [0, 0.1) is 0 Å². The largest absolute Gasteiger partial charge is 0.444 e. The van der Waals surface area contributed by atoms with Gasteiger partial charge in [-0.25, -0.2) is 4.79 Å². The van der Waals surface area contributed by atoms with E-state index in [-0.39, 0.29) is 18.2 Å². The standard InChI is InChI=1S/C14H24N2O2S/c1-10(16-13(17)18-14(3,4)5)8-15-11(2)12-6-7-19-9-12/h6-7,9-11,15H,8H2,1-5H3,(H,16,17).